The number of rotatable bonds is 4. The van der Waals surface area contributed by atoms with Gasteiger partial charge in [-0.15, -0.1) is 0 Å². The molecule has 0 atom stereocenters. The van der Waals surface area contributed by atoms with E-state index in [1.54, 1.807) is 0 Å². The predicted molar refractivity (Wildman–Crippen MR) is 93.3 cm³/mol. The average Bonchev–Trinajstić information content (AvgIpc) is 2.40. The Kier molecular flexibility index (Phi) is 5.21. The van der Waals surface area contributed by atoms with Crippen LogP contribution >= 0.6 is 34.2 Å². The van der Waals surface area contributed by atoms with E-state index in [2.05, 4.69) is 46.7 Å². The van der Waals surface area contributed by atoms with Crippen LogP contribution in [0.25, 0.3) is 11.4 Å². The maximum Gasteiger partial charge on any atom is 0.161 e. The molecule has 5 heteroatoms. The Labute approximate surface area is 138 Å². The number of nitrogens with one attached hydrogen (secondary N) is 1. The van der Waals surface area contributed by atoms with Gasteiger partial charge in [0.15, 0.2) is 5.82 Å². The van der Waals surface area contributed by atoms with E-state index in [4.69, 9.17) is 16.6 Å². The van der Waals surface area contributed by atoms with Gasteiger partial charge in [-0.05, 0) is 47.1 Å². The molecule has 0 aliphatic heterocycles. The summed E-state index contributed by atoms with van der Waals surface area (Å²) >= 11 is 8.35. The smallest absolute Gasteiger partial charge is 0.161 e. The Bertz CT molecular complexity index is 614. The van der Waals surface area contributed by atoms with Crippen molar-refractivity contribution in [2.24, 2.45) is 5.92 Å². The third-order valence-corrected chi connectivity index (χ3v) is 4.21. The molecule has 20 heavy (non-hydrogen) atoms. The van der Waals surface area contributed by atoms with Gasteiger partial charge in [0.25, 0.3) is 0 Å². The molecule has 0 radical (unpaired) electrons. The molecule has 106 valence electrons. The van der Waals surface area contributed by atoms with Crippen molar-refractivity contribution >= 4 is 40.0 Å². The van der Waals surface area contributed by atoms with Gasteiger partial charge in [0.1, 0.15) is 5.82 Å². The standard InChI is InChI=1S/C15H17ClIN3/c1-9(2)7-12-13(17)15(18-3)20-14(19-12)10-5-4-6-11(16)8-10/h4-6,8-9H,7H2,1-3H3,(H,18,19,20). The number of benzene rings is 1. The molecule has 2 rings (SSSR count). The van der Waals surface area contributed by atoms with E-state index in [0.29, 0.717) is 16.8 Å². The lowest BCUT2D eigenvalue weighted by molar-refractivity contribution is 0.632. The zero-order valence-corrected chi connectivity index (χ0v) is 14.7. The van der Waals surface area contributed by atoms with E-state index >= 15 is 0 Å². The first-order valence-corrected chi connectivity index (χ1v) is 7.97. The largest absolute Gasteiger partial charge is 0.372 e. The molecule has 2 aromatic rings. The fourth-order valence-corrected chi connectivity index (χ4v) is 2.86. The lowest BCUT2D eigenvalue weighted by Crippen LogP contribution is -2.07. The van der Waals surface area contributed by atoms with Gasteiger partial charge in [-0.25, -0.2) is 9.97 Å². The second kappa shape index (κ2) is 6.72. The molecule has 0 spiro atoms. The highest BCUT2D eigenvalue weighted by Gasteiger charge is 2.13. The Hall–Kier alpha value is -0.880. The van der Waals surface area contributed by atoms with Crippen LogP contribution in [-0.2, 0) is 6.42 Å². The molecule has 1 aromatic carbocycles. The van der Waals surface area contributed by atoms with Gasteiger partial charge in [0, 0.05) is 17.6 Å². The van der Waals surface area contributed by atoms with Crippen molar-refractivity contribution in [3.8, 4) is 11.4 Å². The predicted octanol–water partition coefficient (Wildman–Crippen LogP) is 4.64. The fraction of sp³-hybridized carbons (Fsp3) is 0.333. The van der Waals surface area contributed by atoms with Crippen LogP contribution in [0.2, 0.25) is 5.02 Å². The highest BCUT2D eigenvalue weighted by molar-refractivity contribution is 14.1. The van der Waals surface area contributed by atoms with Crippen LogP contribution in [-0.4, -0.2) is 17.0 Å². The topological polar surface area (TPSA) is 37.8 Å². The summed E-state index contributed by atoms with van der Waals surface area (Å²) in [6.45, 7) is 4.38. The second-order valence-electron chi connectivity index (χ2n) is 5.01. The lowest BCUT2D eigenvalue weighted by atomic mass is 10.1. The Morgan fingerprint density at radius 2 is 2.05 bits per heavy atom. The molecule has 0 saturated carbocycles. The molecule has 0 unspecified atom stereocenters. The van der Waals surface area contributed by atoms with Crippen molar-refractivity contribution < 1.29 is 0 Å². The fourth-order valence-electron chi connectivity index (χ4n) is 1.94. The summed E-state index contributed by atoms with van der Waals surface area (Å²) in [7, 11) is 1.88. The summed E-state index contributed by atoms with van der Waals surface area (Å²) in [5.74, 6) is 2.13. The van der Waals surface area contributed by atoms with E-state index in [0.717, 1.165) is 27.1 Å². The minimum atomic E-state index is 0.551. The van der Waals surface area contributed by atoms with E-state index in [1.807, 2.05) is 31.3 Å². The molecule has 1 heterocycles. The van der Waals surface area contributed by atoms with E-state index < -0.39 is 0 Å². The van der Waals surface area contributed by atoms with Crippen LogP contribution in [0.3, 0.4) is 0 Å². The summed E-state index contributed by atoms with van der Waals surface area (Å²) in [6, 6.07) is 7.64. The molecular formula is C15H17ClIN3. The molecular weight excluding hydrogens is 385 g/mol. The minimum absolute atomic E-state index is 0.551. The number of nitrogens with zero attached hydrogens (tertiary/aromatic N) is 2. The highest BCUT2D eigenvalue weighted by Crippen LogP contribution is 2.26. The molecule has 0 amide bonds. The van der Waals surface area contributed by atoms with E-state index in [1.165, 1.54) is 0 Å². The first-order valence-electron chi connectivity index (χ1n) is 6.51. The van der Waals surface area contributed by atoms with E-state index in [9.17, 15) is 0 Å². The zero-order valence-electron chi connectivity index (χ0n) is 11.7. The quantitative estimate of drug-likeness (QED) is 0.758. The Morgan fingerprint density at radius 3 is 2.65 bits per heavy atom. The van der Waals surface area contributed by atoms with E-state index in [-0.39, 0.29) is 0 Å². The number of halogens is 2. The van der Waals surface area contributed by atoms with Crippen molar-refractivity contribution in [3.63, 3.8) is 0 Å². The molecule has 1 aromatic heterocycles. The monoisotopic (exact) mass is 401 g/mol. The van der Waals surface area contributed by atoms with Crippen LogP contribution in [0.5, 0.6) is 0 Å². The van der Waals surface area contributed by atoms with Crippen molar-refractivity contribution in [3.05, 3.63) is 38.6 Å². The molecule has 0 saturated heterocycles. The Balaban J connectivity index is 2.53. The number of hydrogen-bond donors (Lipinski definition) is 1. The van der Waals surface area contributed by atoms with Crippen LogP contribution in [0.1, 0.15) is 19.5 Å². The summed E-state index contributed by atoms with van der Waals surface area (Å²) in [5, 5.41) is 3.84. The maximum atomic E-state index is 6.05. The normalized spacial score (nSPS) is 10.9. The number of hydrogen-bond acceptors (Lipinski definition) is 3. The van der Waals surface area contributed by atoms with Gasteiger partial charge < -0.3 is 5.32 Å². The molecule has 0 bridgehead atoms. The lowest BCUT2D eigenvalue weighted by Gasteiger charge is -2.13. The van der Waals surface area contributed by atoms with Gasteiger partial charge >= 0.3 is 0 Å². The van der Waals surface area contributed by atoms with Crippen molar-refractivity contribution in [2.45, 2.75) is 20.3 Å². The summed E-state index contributed by atoms with van der Waals surface area (Å²) in [4.78, 5) is 9.30. The zero-order chi connectivity index (χ0) is 14.7. The molecule has 0 fully saturated rings. The molecule has 0 aliphatic rings. The minimum Gasteiger partial charge on any atom is -0.372 e. The first-order chi connectivity index (χ1) is 9.51. The van der Waals surface area contributed by atoms with Gasteiger partial charge in [0.05, 0.1) is 9.26 Å². The summed E-state index contributed by atoms with van der Waals surface area (Å²) in [6.07, 6.45) is 0.934. The first kappa shape index (κ1) is 15.5. The second-order valence-corrected chi connectivity index (χ2v) is 6.53. The number of aromatic nitrogens is 2. The molecule has 3 nitrogen and oxygen atoms in total. The summed E-state index contributed by atoms with van der Waals surface area (Å²) < 4.78 is 1.09. The average molecular weight is 402 g/mol. The van der Waals surface area contributed by atoms with Gasteiger partial charge in [-0.3, -0.25) is 0 Å². The SMILES string of the molecule is CNc1nc(-c2cccc(Cl)c2)nc(CC(C)C)c1I. The highest BCUT2D eigenvalue weighted by atomic mass is 127. The van der Waals surface area contributed by atoms with Crippen molar-refractivity contribution in [2.75, 3.05) is 12.4 Å². The Morgan fingerprint density at radius 1 is 1.30 bits per heavy atom. The summed E-state index contributed by atoms with van der Waals surface area (Å²) in [5.41, 5.74) is 2.02. The van der Waals surface area contributed by atoms with Crippen LogP contribution in [0.15, 0.2) is 24.3 Å². The molecule has 0 aliphatic carbocycles. The third-order valence-electron chi connectivity index (χ3n) is 2.84. The van der Waals surface area contributed by atoms with Crippen LogP contribution in [0.4, 0.5) is 5.82 Å². The molecule has 1 N–H and O–H groups in total. The number of anilines is 1. The van der Waals surface area contributed by atoms with Crippen LogP contribution in [0, 0.1) is 9.49 Å². The van der Waals surface area contributed by atoms with Crippen molar-refractivity contribution in [1.29, 1.82) is 0 Å². The van der Waals surface area contributed by atoms with Gasteiger partial charge in [0.2, 0.25) is 0 Å². The maximum absolute atomic E-state index is 6.05. The third kappa shape index (κ3) is 3.61. The van der Waals surface area contributed by atoms with Gasteiger partial charge in [-0.2, -0.15) is 0 Å². The van der Waals surface area contributed by atoms with Gasteiger partial charge in [-0.1, -0.05) is 37.6 Å². The van der Waals surface area contributed by atoms with Crippen LogP contribution < -0.4 is 5.32 Å². The van der Waals surface area contributed by atoms with Crippen molar-refractivity contribution in [1.82, 2.24) is 9.97 Å².